The largest absolute Gasteiger partial charge is 0.326 e. The van der Waals surface area contributed by atoms with Crippen molar-refractivity contribution >= 4 is 68.6 Å². The van der Waals surface area contributed by atoms with E-state index < -0.39 is 29.6 Å². The standard InChI is InChI=1S/C24H20ClF2N5O2S2/c1-32(19-5-6-22-20(12-19)28-13-35-22)23(33)21(9-14-7-16(26)11-17(27)8-14)29-24(34)31-36-30-18-4-2-3-15(25)10-18/h2-8,10-13,21,30H,9H2,1H3,(H2,29,31,34). The van der Waals surface area contributed by atoms with Crippen molar-refractivity contribution in [3.05, 3.63) is 88.4 Å². The number of nitrogens with one attached hydrogen (secondary N) is 3. The second-order valence-corrected chi connectivity index (χ2v) is 9.66. The molecule has 0 aliphatic rings. The highest BCUT2D eigenvalue weighted by Gasteiger charge is 2.26. The number of benzene rings is 3. The smallest absolute Gasteiger partial charge is 0.325 e. The van der Waals surface area contributed by atoms with Crippen LogP contribution in [0.5, 0.6) is 0 Å². The number of halogens is 3. The Bertz CT molecular complexity index is 1380. The Morgan fingerprint density at radius 1 is 1.11 bits per heavy atom. The minimum absolute atomic E-state index is 0.128. The fourth-order valence-electron chi connectivity index (χ4n) is 3.45. The number of anilines is 2. The summed E-state index contributed by atoms with van der Waals surface area (Å²) >= 11 is 8.30. The molecule has 1 aromatic heterocycles. The fraction of sp³-hybridized carbons (Fsp3) is 0.125. The maximum atomic E-state index is 13.8. The van der Waals surface area contributed by atoms with Gasteiger partial charge in [-0.2, -0.15) is 0 Å². The summed E-state index contributed by atoms with van der Waals surface area (Å²) in [6.45, 7) is 0. The van der Waals surface area contributed by atoms with Crippen LogP contribution in [0.1, 0.15) is 5.56 Å². The molecule has 0 saturated carbocycles. The van der Waals surface area contributed by atoms with E-state index in [0.29, 0.717) is 16.4 Å². The van der Waals surface area contributed by atoms with Gasteiger partial charge >= 0.3 is 6.03 Å². The topological polar surface area (TPSA) is 86.4 Å². The van der Waals surface area contributed by atoms with Crippen molar-refractivity contribution in [2.75, 3.05) is 16.7 Å². The quantitative estimate of drug-likeness (QED) is 0.244. The third kappa shape index (κ3) is 6.62. The van der Waals surface area contributed by atoms with E-state index in [0.717, 1.165) is 40.5 Å². The van der Waals surface area contributed by atoms with Crippen LogP contribution in [0.25, 0.3) is 10.2 Å². The fourth-order valence-corrected chi connectivity index (χ4v) is 4.75. The lowest BCUT2D eigenvalue weighted by molar-refractivity contribution is -0.120. The van der Waals surface area contributed by atoms with Crippen molar-refractivity contribution in [3.8, 4) is 0 Å². The Labute approximate surface area is 219 Å². The van der Waals surface area contributed by atoms with Crippen LogP contribution in [0.4, 0.5) is 25.0 Å². The summed E-state index contributed by atoms with van der Waals surface area (Å²) in [6, 6.07) is 13.5. The van der Waals surface area contributed by atoms with E-state index in [-0.39, 0.29) is 12.0 Å². The number of hydrogen-bond acceptors (Lipinski definition) is 6. The van der Waals surface area contributed by atoms with Crippen LogP contribution in [0.15, 0.2) is 66.2 Å². The van der Waals surface area contributed by atoms with Crippen LogP contribution >= 0.6 is 35.1 Å². The Hall–Kier alpha value is -3.41. The minimum Gasteiger partial charge on any atom is -0.325 e. The summed E-state index contributed by atoms with van der Waals surface area (Å²) < 4.78 is 34.0. The molecular formula is C24H20ClF2N5O2S2. The number of likely N-dealkylation sites (N-methyl/N-ethyl adjacent to an activating group) is 1. The number of hydrogen-bond donors (Lipinski definition) is 3. The van der Waals surface area contributed by atoms with E-state index in [4.69, 9.17) is 11.6 Å². The van der Waals surface area contributed by atoms with Crippen LogP contribution in [-0.2, 0) is 11.2 Å². The third-order valence-electron chi connectivity index (χ3n) is 5.13. The first-order valence-electron chi connectivity index (χ1n) is 10.6. The number of thiazole rings is 1. The highest BCUT2D eigenvalue weighted by Crippen LogP contribution is 2.24. The van der Waals surface area contributed by atoms with Gasteiger partial charge in [0.2, 0.25) is 5.91 Å². The zero-order valence-electron chi connectivity index (χ0n) is 18.8. The molecule has 0 aliphatic heterocycles. The number of urea groups is 1. The molecule has 3 N–H and O–H groups in total. The molecule has 0 saturated heterocycles. The third-order valence-corrected chi connectivity index (χ3v) is 6.80. The number of rotatable bonds is 8. The number of amides is 3. The second kappa shape index (κ2) is 11.5. The molecule has 4 aromatic rings. The summed E-state index contributed by atoms with van der Waals surface area (Å²) in [4.78, 5) is 31.6. The number of aromatic nitrogens is 1. The van der Waals surface area contributed by atoms with Crippen LogP contribution in [0.2, 0.25) is 5.02 Å². The number of fused-ring (bicyclic) bond motifs is 1. The maximum absolute atomic E-state index is 13.8. The summed E-state index contributed by atoms with van der Waals surface area (Å²) in [6.07, 6.45) is -0.128. The molecule has 36 heavy (non-hydrogen) atoms. The molecule has 12 heteroatoms. The zero-order chi connectivity index (χ0) is 25.7. The maximum Gasteiger partial charge on any atom is 0.326 e. The molecule has 0 aliphatic carbocycles. The average Bonchev–Trinajstić information content (AvgIpc) is 3.30. The van der Waals surface area contributed by atoms with Gasteiger partial charge in [0.1, 0.15) is 17.7 Å². The molecule has 3 amide bonds. The van der Waals surface area contributed by atoms with Crippen molar-refractivity contribution in [1.82, 2.24) is 15.0 Å². The summed E-state index contributed by atoms with van der Waals surface area (Å²) in [5, 5.41) is 3.12. The SMILES string of the molecule is CN(C(=O)C(Cc1cc(F)cc(F)c1)NC(=O)NSNc1cccc(Cl)c1)c1ccc2scnc2c1. The molecule has 0 radical (unpaired) electrons. The Kier molecular flexibility index (Phi) is 8.24. The van der Waals surface area contributed by atoms with E-state index in [9.17, 15) is 18.4 Å². The van der Waals surface area contributed by atoms with Crippen molar-refractivity contribution in [1.29, 1.82) is 0 Å². The molecule has 3 aromatic carbocycles. The van der Waals surface area contributed by atoms with Gasteiger partial charge in [0.25, 0.3) is 0 Å². The second-order valence-electron chi connectivity index (χ2n) is 7.73. The van der Waals surface area contributed by atoms with Gasteiger partial charge in [-0.05, 0) is 54.1 Å². The zero-order valence-corrected chi connectivity index (χ0v) is 21.2. The monoisotopic (exact) mass is 547 g/mol. The molecular weight excluding hydrogens is 528 g/mol. The summed E-state index contributed by atoms with van der Waals surface area (Å²) in [7, 11) is 1.56. The summed E-state index contributed by atoms with van der Waals surface area (Å²) in [5.74, 6) is -2.02. The highest BCUT2D eigenvalue weighted by atomic mass is 35.5. The van der Waals surface area contributed by atoms with Gasteiger partial charge in [-0.15, -0.1) is 11.3 Å². The minimum atomic E-state index is -1.12. The van der Waals surface area contributed by atoms with Crippen LogP contribution in [0, 0.1) is 11.6 Å². The lowest BCUT2D eigenvalue weighted by Gasteiger charge is -2.25. The van der Waals surface area contributed by atoms with E-state index in [2.05, 4.69) is 19.7 Å². The van der Waals surface area contributed by atoms with Crippen molar-refractivity contribution in [2.24, 2.45) is 0 Å². The Morgan fingerprint density at radius 3 is 2.64 bits per heavy atom. The molecule has 0 spiro atoms. The van der Waals surface area contributed by atoms with E-state index in [1.54, 1.807) is 49.0 Å². The van der Waals surface area contributed by atoms with Crippen LogP contribution in [0.3, 0.4) is 0 Å². The van der Waals surface area contributed by atoms with Gasteiger partial charge < -0.3 is 14.9 Å². The van der Waals surface area contributed by atoms with E-state index in [1.807, 2.05) is 6.07 Å². The number of carbonyl (C=O) groups excluding carboxylic acids is 2. The normalized spacial score (nSPS) is 11.7. The summed E-state index contributed by atoms with van der Waals surface area (Å²) in [5.41, 5.74) is 3.88. The molecule has 186 valence electrons. The van der Waals surface area contributed by atoms with Crippen molar-refractivity contribution in [2.45, 2.75) is 12.5 Å². The molecule has 1 unspecified atom stereocenters. The van der Waals surface area contributed by atoms with Crippen molar-refractivity contribution in [3.63, 3.8) is 0 Å². The Balaban J connectivity index is 1.48. The first-order valence-corrected chi connectivity index (χ1v) is 12.7. The average molecular weight is 548 g/mol. The van der Waals surface area contributed by atoms with E-state index in [1.165, 1.54) is 16.2 Å². The predicted octanol–water partition coefficient (Wildman–Crippen LogP) is 5.78. The van der Waals surface area contributed by atoms with Gasteiger partial charge in [0, 0.05) is 35.9 Å². The highest BCUT2D eigenvalue weighted by molar-refractivity contribution is 7.99. The van der Waals surface area contributed by atoms with Crippen LogP contribution < -0.4 is 19.7 Å². The molecule has 7 nitrogen and oxygen atoms in total. The number of carbonyl (C=O) groups is 2. The molecule has 1 atom stereocenters. The van der Waals surface area contributed by atoms with Crippen LogP contribution in [-0.4, -0.2) is 30.0 Å². The molecule has 1 heterocycles. The first-order chi connectivity index (χ1) is 17.3. The lowest BCUT2D eigenvalue weighted by atomic mass is 10.0. The molecule has 4 rings (SSSR count). The van der Waals surface area contributed by atoms with Gasteiger partial charge in [0.05, 0.1) is 27.9 Å². The van der Waals surface area contributed by atoms with Crippen molar-refractivity contribution < 1.29 is 18.4 Å². The first kappa shape index (κ1) is 25.7. The lowest BCUT2D eigenvalue weighted by Crippen LogP contribution is -2.50. The predicted molar refractivity (Wildman–Crippen MR) is 141 cm³/mol. The number of nitrogens with zero attached hydrogens (tertiary/aromatic N) is 2. The van der Waals surface area contributed by atoms with Gasteiger partial charge in [-0.3, -0.25) is 9.52 Å². The molecule has 0 bridgehead atoms. The van der Waals surface area contributed by atoms with Gasteiger partial charge in [0.15, 0.2) is 0 Å². The van der Waals surface area contributed by atoms with E-state index >= 15 is 0 Å². The van der Waals surface area contributed by atoms with Gasteiger partial charge in [-0.1, -0.05) is 17.7 Å². The Morgan fingerprint density at radius 2 is 1.89 bits per heavy atom. The van der Waals surface area contributed by atoms with Gasteiger partial charge in [-0.25, -0.2) is 18.6 Å². The molecule has 0 fully saturated rings.